The first-order chi connectivity index (χ1) is 14.6. The average Bonchev–Trinajstić information content (AvgIpc) is 3.36. The van der Waals surface area contributed by atoms with Crippen LogP contribution in [0.4, 0.5) is 5.69 Å². The van der Waals surface area contributed by atoms with Crippen LogP contribution in [0.15, 0.2) is 49.1 Å². The van der Waals surface area contributed by atoms with Crippen molar-refractivity contribution in [2.75, 3.05) is 19.5 Å². The maximum Gasteiger partial charge on any atom is 0.343 e. The fraction of sp³-hybridized carbons (Fsp3) is 0.238. The summed E-state index contributed by atoms with van der Waals surface area (Å²) in [6.45, 7) is 0.592. The second-order valence-electron chi connectivity index (χ2n) is 6.70. The van der Waals surface area contributed by atoms with Gasteiger partial charge in [0.1, 0.15) is 24.3 Å². The normalized spacial score (nSPS) is 14.7. The molecule has 1 N–H and O–H groups in total. The van der Waals surface area contributed by atoms with Gasteiger partial charge in [0, 0.05) is 11.3 Å². The molecule has 0 fully saturated rings. The lowest BCUT2D eigenvalue weighted by molar-refractivity contribution is -0.118. The molecular formula is C21H20N4O5. The van der Waals surface area contributed by atoms with Gasteiger partial charge in [-0.15, -0.1) is 0 Å². The molecule has 30 heavy (non-hydrogen) atoms. The molecule has 0 radical (unpaired) electrons. The molecule has 0 spiro atoms. The second kappa shape index (κ2) is 8.24. The number of fused-ring (bicyclic) bond motifs is 1. The minimum atomic E-state index is -0.682. The van der Waals surface area contributed by atoms with Gasteiger partial charge in [-0.25, -0.2) is 14.5 Å². The lowest BCUT2D eigenvalue weighted by atomic mass is 10.0. The molecule has 9 heteroatoms. The summed E-state index contributed by atoms with van der Waals surface area (Å²) < 4.78 is 17.7. The van der Waals surface area contributed by atoms with Gasteiger partial charge in [0.2, 0.25) is 5.91 Å². The van der Waals surface area contributed by atoms with E-state index in [1.54, 1.807) is 23.1 Å². The molecule has 4 rings (SSSR count). The first-order valence-corrected chi connectivity index (χ1v) is 9.26. The zero-order valence-electron chi connectivity index (χ0n) is 16.5. The summed E-state index contributed by atoms with van der Waals surface area (Å²) in [6.07, 6.45) is 2.43. The van der Waals surface area contributed by atoms with Crippen molar-refractivity contribution in [1.82, 2.24) is 14.8 Å². The van der Waals surface area contributed by atoms with Crippen molar-refractivity contribution in [3.8, 4) is 11.5 Å². The summed E-state index contributed by atoms with van der Waals surface area (Å²) in [7, 11) is 2.95. The highest BCUT2D eigenvalue weighted by molar-refractivity contribution is 5.99. The van der Waals surface area contributed by atoms with E-state index in [9.17, 15) is 9.59 Å². The smallest absolute Gasteiger partial charge is 0.343 e. The molecule has 1 amide bonds. The number of hydrogen-bond acceptors (Lipinski definition) is 7. The van der Waals surface area contributed by atoms with Crippen molar-refractivity contribution < 1.29 is 23.8 Å². The molecule has 2 aromatic carbocycles. The van der Waals surface area contributed by atoms with E-state index in [-0.39, 0.29) is 12.3 Å². The van der Waals surface area contributed by atoms with Gasteiger partial charge in [-0.3, -0.25) is 4.79 Å². The van der Waals surface area contributed by atoms with E-state index in [0.29, 0.717) is 34.9 Å². The zero-order chi connectivity index (χ0) is 21.1. The number of methoxy groups -OCH3 is 2. The molecule has 0 saturated heterocycles. The SMILES string of the molecule is COc1ccc2c(c1OC)C(=O)O[C@@H]2CC(=O)Nc1ccc(Cn2cncn2)cc1. The third kappa shape index (κ3) is 3.82. The van der Waals surface area contributed by atoms with Crippen molar-refractivity contribution in [3.05, 3.63) is 65.7 Å². The van der Waals surface area contributed by atoms with Crippen molar-refractivity contribution in [1.29, 1.82) is 0 Å². The number of anilines is 1. The number of hydrogen-bond donors (Lipinski definition) is 1. The Balaban J connectivity index is 1.42. The number of carbonyl (C=O) groups is 2. The van der Waals surface area contributed by atoms with E-state index in [1.807, 2.05) is 24.3 Å². The second-order valence-corrected chi connectivity index (χ2v) is 6.70. The summed E-state index contributed by atoms with van der Waals surface area (Å²) in [6, 6.07) is 10.8. The van der Waals surface area contributed by atoms with Crippen LogP contribution in [-0.4, -0.2) is 40.9 Å². The third-order valence-corrected chi connectivity index (χ3v) is 4.80. The van der Waals surface area contributed by atoms with Gasteiger partial charge in [-0.05, 0) is 23.8 Å². The van der Waals surface area contributed by atoms with E-state index < -0.39 is 12.1 Å². The van der Waals surface area contributed by atoms with E-state index in [4.69, 9.17) is 14.2 Å². The Bertz CT molecular complexity index is 1060. The maximum atomic E-state index is 12.5. The highest BCUT2D eigenvalue weighted by atomic mass is 16.6. The molecular weight excluding hydrogens is 388 g/mol. The van der Waals surface area contributed by atoms with Crippen molar-refractivity contribution >= 4 is 17.6 Å². The Morgan fingerprint density at radius 3 is 2.63 bits per heavy atom. The van der Waals surface area contributed by atoms with Crippen molar-refractivity contribution in [3.63, 3.8) is 0 Å². The molecule has 1 atom stereocenters. The number of nitrogens with zero attached hydrogens (tertiary/aromatic N) is 3. The highest BCUT2D eigenvalue weighted by Gasteiger charge is 2.36. The van der Waals surface area contributed by atoms with Crippen LogP contribution in [0.25, 0.3) is 0 Å². The van der Waals surface area contributed by atoms with Crippen molar-refractivity contribution in [2.24, 2.45) is 0 Å². The predicted octanol–water partition coefficient (Wildman–Crippen LogP) is 2.58. The van der Waals surface area contributed by atoms with Crippen LogP contribution in [0.1, 0.15) is 34.0 Å². The number of esters is 1. The summed E-state index contributed by atoms with van der Waals surface area (Å²) in [5.74, 6) is -0.0503. The molecule has 1 aliphatic rings. The molecule has 0 bridgehead atoms. The van der Waals surface area contributed by atoms with Crippen LogP contribution >= 0.6 is 0 Å². The fourth-order valence-electron chi connectivity index (χ4n) is 3.40. The molecule has 0 unspecified atom stereocenters. The van der Waals surface area contributed by atoms with E-state index in [0.717, 1.165) is 5.56 Å². The molecule has 1 aliphatic heterocycles. The topological polar surface area (TPSA) is 105 Å². The lowest BCUT2D eigenvalue weighted by Crippen LogP contribution is -2.15. The minimum Gasteiger partial charge on any atom is -0.493 e. The number of benzene rings is 2. The number of rotatable bonds is 7. The van der Waals surface area contributed by atoms with Crippen molar-refractivity contribution in [2.45, 2.75) is 19.1 Å². The van der Waals surface area contributed by atoms with E-state index in [1.165, 1.54) is 20.5 Å². The number of nitrogens with one attached hydrogen (secondary N) is 1. The Labute approximate surface area is 172 Å². The molecule has 0 saturated carbocycles. The van der Waals surface area contributed by atoms with Crippen LogP contribution in [0.3, 0.4) is 0 Å². The highest BCUT2D eigenvalue weighted by Crippen LogP contribution is 2.43. The summed E-state index contributed by atoms with van der Waals surface area (Å²) in [4.78, 5) is 28.8. The Hall–Kier alpha value is -3.88. The first kappa shape index (κ1) is 19.4. The molecule has 3 aromatic rings. The quantitative estimate of drug-likeness (QED) is 0.599. The summed E-state index contributed by atoms with van der Waals surface area (Å²) in [5, 5.41) is 6.90. The van der Waals surface area contributed by atoms with E-state index >= 15 is 0 Å². The molecule has 2 heterocycles. The monoisotopic (exact) mass is 408 g/mol. The number of carbonyl (C=O) groups excluding carboxylic acids is 2. The molecule has 1 aromatic heterocycles. The fourth-order valence-corrected chi connectivity index (χ4v) is 3.40. The van der Waals surface area contributed by atoms with E-state index in [2.05, 4.69) is 15.4 Å². The Kier molecular flexibility index (Phi) is 5.34. The van der Waals surface area contributed by atoms with Crippen LogP contribution in [0.2, 0.25) is 0 Å². The Morgan fingerprint density at radius 2 is 1.97 bits per heavy atom. The van der Waals surface area contributed by atoms with Gasteiger partial charge in [0.05, 0.1) is 27.2 Å². The molecule has 154 valence electrons. The number of amides is 1. The van der Waals surface area contributed by atoms with Gasteiger partial charge in [0.25, 0.3) is 0 Å². The zero-order valence-corrected chi connectivity index (χ0v) is 16.5. The van der Waals surface area contributed by atoms with Crippen LogP contribution in [-0.2, 0) is 16.1 Å². The largest absolute Gasteiger partial charge is 0.493 e. The average molecular weight is 408 g/mol. The number of ether oxygens (including phenoxy) is 3. The van der Waals surface area contributed by atoms with Crippen LogP contribution < -0.4 is 14.8 Å². The molecule has 9 nitrogen and oxygen atoms in total. The van der Waals surface area contributed by atoms with Gasteiger partial charge in [-0.2, -0.15) is 5.10 Å². The first-order valence-electron chi connectivity index (χ1n) is 9.26. The number of aromatic nitrogens is 3. The standard InChI is InChI=1S/C21H20N4O5/c1-28-16-8-7-15-17(30-21(27)19(15)20(16)29-2)9-18(26)24-14-5-3-13(4-6-14)10-25-12-22-11-23-25/h3-8,11-12,17H,9-10H2,1-2H3,(H,24,26)/t17-/m1/s1. The Morgan fingerprint density at radius 1 is 1.17 bits per heavy atom. The van der Waals surface area contributed by atoms with Crippen LogP contribution in [0, 0.1) is 0 Å². The summed E-state index contributed by atoms with van der Waals surface area (Å²) >= 11 is 0. The number of cyclic esters (lactones) is 1. The van der Waals surface area contributed by atoms with Gasteiger partial charge >= 0.3 is 5.97 Å². The maximum absolute atomic E-state index is 12.5. The lowest BCUT2D eigenvalue weighted by Gasteiger charge is -2.13. The van der Waals surface area contributed by atoms with Gasteiger partial charge in [0.15, 0.2) is 11.5 Å². The van der Waals surface area contributed by atoms with Gasteiger partial charge < -0.3 is 19.5 Å². The summed E-state index contributed by atoms with van der Waals surface area (Å²) in [5.41, 5.74) is 2.58. The minimum absolute atomic E-state index is 0.00503. The van der Waals surface area contributed by atoms with Crippen LogP contribution in [0.5, 0.6) is 11.5 Å². The third-order valence-electron chi connectivity index (χ3n) is 4.80. The van der Waals surface area contributed by atoms with Gasteiger partial charge in [-0.1, -0.05) is 18.2 Å². The predicted molar refractivity (Wildman–Crippen MR) is 107 cm³/mol. The molecule has 0 aliphatic carbocycles.